The average molecular weight is 294 g/mol. The van der Waals surface area contributed by atoms with Crippen LogP contribution in [0.5, 0.6) is 0 Å². The van der Waals surface area contributed by atoms with Gasteiger partial charge in [-0.3, -0.25) is 4.55 Å². The second-order valence-electron chi connectivity index (χ2n) is 4.42. The number of hydrogen-bond acceptors (Lipinski definition) is 5. The molecule has 2 N–H and O–H groups in total. The van der Waals surface area contributed by atoms with Crippen molar-refractivity contribution >= 4 is 15.8 Å². The van der Waals surface area contributed by atoms with Gasteiger partial charge in [-0.2, -0.15) is 18.6 Å². The van der Waals surface area contributed by atoms with Crippen LogP contribution in [0.25, 0.3) is 0 Å². The van der Waals surface area contributed by atoms with Crippen molar-refractivity contribution in [3.8, 4) is 0 Å². The first kappa shape index (κ1) is 14.6. The summed E-state index contributed by atoms with van der Waals surface area (Å²) in [6, 6.07) is 8.57. The molecule has 0 heterocycles. The van der Waals surface area contributed by atoms with E-state index in [2.05, 4.69) is 10.2 Å². The van der Waals surface area contributed by atoms with Crippen molar-refractivity contribution in [1.29, 1.82) is 0 Å². The van der Waals surface area contributed by atoms with Gasteiger partial charge >= 0.3 is 10.1 Å². The fourth-order valence-electron chi connectivity index (χ4n) is 1.78. The molecule has 0 spiro atoms. The lowest BCUT2D eigenvalue weighted by atomic mass is 10.0. The molecule has 0 aliphatic heterocycles. The largest absolute Gasteiger partial charge is 0.366 e. The molecule has 2 unspecified atom stereocenters. The highest BCUT2D eigenvalue weighted by Crippen LogP contribution is 2.29. The highest BCUT2D eigenvalue weighted by molar-refractivity contribution is 7.87. The zero-order valence-electron chi connectivity index (χ0n) is 10.7. The van der Waals surface area contributed by atoms with Crippen LogP contribution in [-0.2, 0) is 10.1 Å². The summed E-state index contributed by atoms with van der Waals surface area (Å²) in [4.78, 5) is -2.38. The molecule has 1 aliphatic carbocycles. The van der Waals surface area contributed by atoms with Crippen LogP contribution in [0.4, 0.5) is 5.69 Å². The van der Waals surface area contributed by atoms with Crippen LogP contribution in [0.15, 0.2) is 64.4 Å². The van der Waals surface area contributed by atoms with Crippen LogP contribution < -0.4 is 0 Å². The van der Waals surface area contributed by atoms with E-state index in [1.807, 2.05) is 18.2 Å². The molecular weight excluding hydrogens is 280 g/mol. The summed E-state index contributed by atoms with van der Waals surface area (Å²) in [6.45, 7) is 1.41. The van der Waals surface area contributed by atoms with E-state index >= 15 is 0 Å². The van der Waals surface area contributed by atoms with Crippen LogP contribution in [0, 0.1) is 0 Å². The predicted octanol–water partition coefficient (Wildman–Crippen LogP) is 2.23. The van der Waals surface area contributed by atoms with E-state index in [4.69, 9.17) is 4.55 Å². The van der Waals surface area contributed by atoms with E-state index < -0.39 is 21.1 Å². The molecule has 0 bridgehead atoms. The topological polar surface area (TPSA) is 99.3 Å². The summed E-state index contributed by atoms with van der Waals surface area (Å²) >= 11 is 0. The van der Waals surface area contributed by atoms with Crippen molar-refractivity contribution in [2.45, 2.75) is 17.9 Å². The lowest BCUT2D eigenvalue weighted by Gasteiger charge is -2.25. The van der Waals surface area contributed by atoms with Crippen molar-refractivity contribution in [3.63, 3.8) is 0 Å². The minimum absolute atomic E-state index is 0.0829. The highest BCUT2D eigenvalue weighted by Gasteiger charge is 2.42. The van der Waals surface area contributed by atoms with Crippen LogP contribution in [-0.4, -0.2) is 29.1 Å². The van der Waals surface area contributed by atoms with Crippen LogP contribution in [0.1, 0.15) is 6.92 Å². The Morgan fingerprint density at radius 2 is 1.90 bits per heavy atom. The van der Waals surface area contributed by atoms with Gasteiger partial charge < -0.3 is 5.11 Å². The Morgan fingerprint density at radius 3 is 2.45 bits per heavy atom. The van der Waals surface area contributed by atoms with Gasteiger partial charge in [-0.15, -0.1) is 0 Å². The van der Waals surface area contributed by atoms with Gasteiger partial charge in [0.15, 0.2) is 0 Å². The number of aliphatic hydroxyl groups is 1. The maximum absolute atomic E-state index is 11.2. The second-order valence-corrected chi connectivity index (χ2v) is 5.99. The molecule has 6 nitrogen and oxygen atoms in total. The van der Waals surface area contributed by atoms with Gasteiger partial charge in [-0.05, 0) is 30.7 Å². The molecule has 1 aromatic rings. The first-order chi connectivity index (χ1) is 9.33. The molecule has 0 aromatic heterocycles. The van der Waals surface area contributed by atoms with Gasteiger partial charge in [-0.1, -0.05) is 30.4 Å². The highest BCUT2D eigenvalue weighted by atomic mass is 32.2. The Balaban J connectivity index is 2.21. The monoisotopic (exact) mass is 294 g/mol. The molecule has 1 aromatic carbocycles. The minimum atomic E-state index is -4.64. The van der Waals surface area contributed by atoms with Crippen LogP contribution in [0.2, 0.25) is 0 Å². The fraction of sp³-hybridized carbons (Fsp3) is 0.231. The maximum Gasteiger partial charge on any atom is 0.303 e. The van der Waals surface area contributed by atoms with Gasteiger partial charge in [0.25, 0.3) is 0 Å². The zero-order chi connectivity index (χ0) is 14.8. The van der Waals surface area contributed by atoms with E-state index in [-0.39, 0.29) is 5.57 Å². The Morgan fingerprint density at radius 1 is 1.25 bits per heavy atom. The van der Waals surface area contributed by atoms with E-state index in [1.54, 1.807) is 12.1 Å². The summed E-state index contributed by atoms with van der Waals surface area (Å²) in [7, 11) is -4.64. The van der Waals surface area contributed by atoms with Gasteiger partial charge in [-0.25, -0.2) is 0 Å². The Bertz CT molecular complexity index is 680. The van der Waals surface area contributed by atoms with Crippen molar-refractivity contribution in [2.75, 3.05) is 0 Å². The summed E-state index contributed by atoms with van der Waals surface area (Å²) in [5.41, 5.74) is 0.752. The molecule has 0 radical (unpaired) electrons. The smallest absolute Gasteiger partial charge is 0.303 e. The average Bonchev–Trinajstić information content (AvgIpc) is 2.40. The number of azo groups is 1. The first-order valence-electron chi connectivity index (χ1n) is 5.86. The minimum Gasteiger partial charge on any atom is -0.366 e. The van der Waals surface area contributed by atoms with E-state index in [9.17, 15) is 13.5 Å². The lowest BCUT2D eigenvalue weighted by molar-refractivity contribution is 0.193. The quantitative estimate of drug-likeness (QED) is 0.507. The number of nitrogens with zero attached hydrogens (tertiary/aromatic N) is 2. The SMILES string of the molecule is CC1=CC(/N=N/c2ccccc2)C=CC1(O)S(=O)(=O)O. The van der Waals surface area contributed by atoms with Crippen molar-refractivity contribution in [1.82, 2.24) is 0 Å². The van der Waals surface area contributed by atoms with Gasteiger partial charge in [0.1, 0.15) is 6.04 Å². The lowest BCUT2D eigenvalue weighted by Crippen LogP contribution is -2.39. The van der Waals surface area contributed by atoms with E-state index in [1.165, 1.54) is 19.1 Å². The zero-order valence-corrected chi connectivity index (χ0v) is 11.5. The molecule has 0 fully saturated rings. The molecule has 1 aliphatic rings. The molecule has 0 saturated heterocycles. The maximum atomic E-state index is 11.2. The van der Waals surface area contributed by atoms with E-state index in [0.29, 0.717) is 5.69 Å². The molecule has 0 saturated carbocycles. The summed E-state index contributed by atoms with van der Waals surface area (Å²) < 4.78 is 31.4. The first-order valence-corrected chi connectivity index (χ1v) is 7.30. The van der Waals surface area contributed by atoms with Crippen LogP contribution >= 0.6 is 0 Å². The molecule has 2 rings (SSSR count). The van der Waals surface area contributed by atoms with Crippen molar-refractivity contribution < 1.29 is 18.1 Å². The third-order valence-electron chi connectivity index (χ3n) is 2.96. The summed E-state index contributed by atoms with van der Waals surface area (Å²) in [5.74, 6) is 0. The van der Waals surface area contributed by atoms with E-state index in [0.717, 1.165) is 6.08 Å². The summed E-state index contributed by atoms with van der Waals surface area (Å²) in [5, 5.41) is 17.9. The molecule has 106 valence electrons. The molecule has 0 amide bonds. The standard InChI is InChI=1S/C13H14N2O4S/c1-10-9-12(7-8-13(10,16)20(17,18)19)15-14-11-5-3-2-4-6-11/h2-9,12,16H,1H3,(H,17,18,19)/b15-14+. The molecule has 2 atom stereocenters. The predicted molar refractivity (Wildman–Crippen MR) is 74.1 cm³/mol. The number of hydrogen-bond donors (Lipinski definition) is 2. The fourth-order valence-corrected chi connectivity index (χ4v) is 2.51. The van der Waals surface area contributed by atoms with Gasteiger partial charge in [0.05, 0.1) is 5.69 Å². The second kappa shape index (κ2) is 5.28. The number of rotatable bonds is 3. The third-order valence-corrected chi connectivity index (χ3v) is 4.21. The normalized spacial score (nSPS) is 26.8. The Hall–Kier alpha value is -1.83. The number of benzene rings is 1. The van der Waals surface area contributed by atoms with Crippen LogP contribution in [0.3, 0.4) is 0 Å². The van der Waals surface area contributed by atoms with Crippen molar-refractivity contribution in [3.05, 3.63) is 54.1 Å². The summed E-state index contributed by atoms with van der Waals surface area (Å²) in [6.07, 6.45) is 3.81. The van der Waals surface area contributed by atoms with Gasteiger partial charge in [0, 0.05) is 0 Å². The molecule has 7 heteroatoms. The van der Waals surface area contributed by atoms with Crippen molar-refractivity contribution in [2.24, 2.45) is 10.2 Å². The molecular formula is C13H14N2O4S. The third kappa shape index (κ3) is 2.84. The Labute approximate surface area is 116 Å². The Kier molecular flexibility index (Phi) is 3.85. The molecule has 20 heavy (non-hydrogen) atoms. The van der Waals surface area contributed by atoms with Gasteiger partial charge in [0.2, 0.25) is 4.93 Å².